The average molecular weight is 475 g/mol. The normalized spacial score (nSPS) is 12.2. The van der Waals surface area contributed by atoms with Crippen molar-refractivity contribution in [2.24, 2.45) is 0 Å². The predicted octanol–water partition coefficient (Wildman–Crippen LogP) is 10.2. The minimum atomic E-state index is 1.08. The van der Waals surface area contributed by atoms with Crippen molar-refractivity contribution >= 4 is 54.4 Å². The van der Waals surface area contributed by atoms with Crippen LogP contribution >= 0.6 is 0 Å². The lowest BCUT2D eigenvalue weighted by Crippen LogP contribution is -1.98. The van der Waals surface area contributed by atoms with E-state index in [1.807, 2.05) is 0 Å². The number of aryl methyl sites for hydroxylation is 2. The Bertz CT molecular complexity index is 1540. The van der Waals surface area contributed by atoms with Crippen LogP contribution in [0.2, 0.25) is 0 Å². The van der Waals surface area contributed by atoms with E-state index in [2.05, 4.69) is 95.8 Å². The molecule has 0 unspecified atom stereocenters. The second-order valence-electron chi connectivity index (χ2n) is 10.6. The molecule has 0 spiro atoms. The molecule has 0 saturated heterocycles. The minimum absolute atomic E-state index is 1.08. The number of aromatic nitrogens is 2. The zero-order valence-electron chi connectivity index (χ0n) is 21.9. The zero-order chi connectivity index (χ0) is 24.5. The summed E-state index contributed by atoms with van der Waals surface area (Å²) in [5.41, 5.74) is 5.67. The van der Waals surface area contributed by atoms with Crippen molar-refractivity contribution in [1.82, 2.24) is 9.13 Å². The summed E-state index contributed by atoms with van der Waals surface area (Å²) < 4.78 is 5.32. The van der Waals surface area contributed by atoms with Gasteiger partial charge in [0.25, 0.3) is 0 Å². The first-order chi connectivity index (χ1) is 17.8. The molecule has 0 saturated carbocycles. The van der Waals surface area contributed by atoms with Gasteiger partial charge in [0.05, 0.1) is 22.1 Å². The Labute approximate surface area is 214 Å². The summed E-state index contributed by atoms with van der Waals surface area (Å²) in [5.74, 6) is 0. The number of rotatable bonds is 10. The summed E-state index contributed by atoms with van der Waals surface area (Å²) in [6, 6.07) is 27.5. The van der Waals surface area contributed by atoms with Gasteiger partial charge in [0, 0.05) is 23.9 Å². The molecule has 0 bridgehead atoms. The topological polar surface area (TPSA) is 9.86 Å². The second-order valence-corrected chi connectivity index (χ2v) is 10.6. The van der Waals surface area contributed by atoms with Crippen molar-refractivity contribution in [3.63, 3.8) is 0 Å². The van der Waals surface area contributed by atoms with Crippen LogP contribution in [0.3, 0.4) is 0 Å². The van der Waals surface area contributed by atoms with Gasteiger partial charge >= 0.3 is 0 Å². The minimum Gasteiger partial charge on any atom is -0.339 e. The van der Waals surface area contributed by atoms with Crippen molar-refractivity contribution in [3.8, 4) is 0 Å². The third-order valence-corrected chi connectivity index (χ3v) is 8.05. The lowest BCUT2D eigenvalue weighted by Gasteiger charge is -2.10. The maximum Gasteiger partial charge on any atom is 0.0754 e. The molecule has 2 heteroatoms. The summed E-state index contributed by atoms with van der Waals surface area (Å²) in [6.07, 6.45) is 10.2. The molecular weight excluding hydrogens is 436 g/mol. The third kappa shape index (κ3) is 3.97. The van der Waals surface area contributed by atoms with Crippen LogP contribution in [0.15, 0.2) is 72.8 Å². The molecule has 6 rings (SSSR count). The Hall–Kier alpha value is -3.26. The molecule has 0 aliphatic rings. The smallest absolute Gasteiger partial charge is 0.0754 e. The highest BCUT2D eigenvalue weighted by Gasteiger charge is 2.21. The zero-order valence-corrected chi connectivity index (χ0v) is 21.9. The summed E-state index contributed by atoms with van der Waals surface area (Å²) in [4.78, 5) is 0. The van der Waals surface area contributed by atoms with Crippen LogP contribution in [0.25, 0.3) is 54.4 Å². The van der Waals surface area contributed by atoms with E-state index >= 15 is 0 Å². The molecule has 0 amide bonds. The molecule has 36 heavy (non-hydrogen) atoms. The van der Waals surface area contributed by atoms with Crippen LogP contribution in [0.4, 0.5) is 0 Å². The Balaban J connectivity index is 1.66. The summed E-state index contributed by atoms with van der Waals surface area (Å²) in [6.45, 7) is 6.76. The molecule has 2 aromatic heterocycles. The fraction of sp³-hybridized carbons (Fsp3) is 0.353. The monoisotopic (exact) mass is 474 g/mol. The molecule has 184 valence electrons. The van der Waals surface area contributed by atoms with Gasteiger partial charge in [0.2, 0.25) is 0 Å². The molecule has 0 radical (unpaired) electrons. The number of hydrogen-bond acceptors (Lipinski definition) is 0. The Morgan fingerprint density at radius 3 is 1.25 bits per heavy atom. The first-order valence-corrected chi connectivity index (χ1v) is 14.2. The first kappa shape index (κ1) is 23.2. The van der Waals surface area contributed by atoms with Gasteiger partial charge in [-0.2, -0.15) is 0 Å². The Morgan fingerprint density at radius 2 is 0.861 bits per heavy atom. The van der Waals surface area contributed by atoms with Gasteiger partial charge in [-0.1, -0.05) is 101 Å². The van der Waals surface area contributed by atoms with Crippen molar-refractivity contribution < 1.29 is 0 Å². The SMILES string of the molecule is CCCCCCn1c2cc3ccccc3cc2c2c1c1cc3ccccc3cc1n2CCCCCC. The van der Waals surface area contributed by atoms with Gasteiger partial charge in [-0.3, -0.25) is 0 Å². The van der Waals surface area contributed by atoms with E-state index in [-0.39, 0.29) is 0 Å². The third-order valence-electron chi connectivity index (χ3n) is 8.05. The van der Waals surface area contributed by atoms with Gasteiger partial charge in [-0.15, -0.1) is 0 Å². The molecule has 4 aromatic carbocycles. The van der Waals surface area contributed by atoms with Crippen LogP contribution in [0.1, 0.15) is 65.2 Å². The number of hydrogen-bond donors (Lipinski definition) is 0. The van der Waals surface area contributed by atoms with Crippen molar-refractivity contribution in [1.29, 1.82) is 0 Å². The van der Waals surface area contributed by atoms with Crippen LogP contribution in [-0.4, -0.2) is 9.13 Å². The Kier molecular flexibility index (Phi) is 6.44. The number of nitrogens with zero attached hydrogens (tertiary/aromatic N) is 2. The van der Waals surface area contributed by atoms with E-state index < -0.39 is 0 Å². The van der Waals surface area contributed by atoms with E-state index in [0.717, 1.165) is 13.1 Å². The molecule has 0 atom stereocenters. The van der Waals surface area contributed by atoms with E-state index in [1.54, 1.807) is 0 Å². The fourth-order valence-corrected chi connectivity index (χ4v) is 6.18. The highest BCUT2D eigenvalue weighted by Crippen LogP contribution is 2.40. The maximum absolute atomic E-state index is 2.66. The molecule has 0 fully saturated rings. The van der Waals surface area contributed by atoms with E-state index in [1.165, 1.54) is 106 Å². The lowest BCUT2D eigenvalue weighted by molar-refractivity contribution is 0.600. The fourth-order valence-electron chi connectivity index (χ4n) is 6.18. The summed E-state index contributed by atoms with van der Waals surface area (Å²) >= 11 is 0. The molecule has 2 heterocycles. The van der Waals surface area contributed by atoms with Crippen LogP contribution in [-0.2, 0) is 13.1 Å². The number of unbranched alkanes of at least 4 members (excludes halogenated alkanes) is 6. The van der Waals surface area contributed by atoms with Crippen LogP contribution in [0, 0.1) is 0 Å². The predicted molar refractivity (Wildman–Crippen MR) is 158 cm³/mol. The molecule has 0 aliphatic heterocycles. The second kappa shape index (κ2) is 10.0. The van der Waals surface area contributed by atoms with Crippen LogP contribution < -0.4 is 0 Å². The molecule has 6 aromatic rings. The van der Waals surface area contributed by atoms with E-state index in [9.17, 15) is 0 Å². The van der Waals surface area contributed by atoms with Crippen molar-refractivity contribution in [2.75, 3.05) is 0 Å². The van der Waals surface area contributed by atoms with Gasteiger partial charge in [-0.25, -0.2) is 0 Å². The average Bonchev–Trinajstić information content (AvgIpc) is 3.38. The first-order valence-electron chi connectivity index (χ1n) is 14.2. The van der Waals surface area contributed by atoms with Crippen molar-refractivity contribution in [2.45, 2.75) is 78.3 Å². The van der Waals surface area contributed by atoms with E-state index in [0.29, 0.717) is 0 Å². The summed E-state index contributed by atoms with van der Waals surface area (Å²) in [7, 11) is 0. The standard InChI is InChI=1S/C34H38N2/c1-3-5-7-13-19-35-31-23-27-17-11-9-15-25(27)21-29(31)34-33(35)30-22-26-16-10-12-18-28(26)24-32(30)36(34)20-14-8-6-4-2/h9-12,15-18,21-24H,3-8,13-14,19-20H2,1-2H3. The van der Waals surface area contributed by atoms with Gasteiger partial charge in [-0.05, 0) is 58.7 Å². The van der Waals surface area contributed by atoms with Gasteiger partial charge in [0.15, 0.2) is 0 Å². The summed E-state index contributed by atoms with van der Waals surface area (Å²) in [5, 5.41) is 8.17. The number of fused-ring (bicyclic) bond motifs is 7. The molecular formula is C34H38N2. The Morgan fingerprint density at radius 1 is 0.472 bits per heavy atom. The maximum atomic E-state index is 2.66. The lowest BCUT2D eigenvalue weighted by atomic mass is 10.1. The highest BCUT2D eigenvalue weighted by molar-refractivity contribution is 6.21. The van der Waals surface area contributed by atoms with Crippen molar-refractivity contribution in [3.05, 3.63) is 72.8 Å². The van der Waals surface area contributed by atoms with Crippen LogP contribution in [0.5, 0.6) is 0 Å². The quantitative estimate of drug-likeness (QED) is 0.175. The molecule has 0 N–H and O–H groups in total. The van der Waals surface area contributed by atoms with Gasteiger partial charge < -0.3 is 9.13 Å². The molecule has 0 aliphatic carbocycles. The number of benzene rings is 4. The van der Waals surface area contributed by atoms with Gasteiger partial charge in [0.1, 0.15) is 0 Å². The molecule has 2 nitrogen and oxygen atoms in total. The van der Waals surface area contributed by atoms with E-state index in [4.69, 9.17) is 0 Å². The highest BCUT2D eigenvalue weighted by atomic mass is 15.1. The largest absolute Gasteiger partial charge is 0.339 e.